The minimum atomic E-state index is -0.328. The number of hydrogen-bond acceptors (Lipinski definition) is 2. The maximum Gasteiger partial charge on any atom is 0.270 e. The van der Waals surface area contributed by atoms with Crippen molar-refractivity contribution < 1.29 is 14.0 Å². The van der Waals surface area contributed by atoms with Crippen molar-refractivity contribution >= 4 is 22.7 Å². The van der Waals surface area contributed by atoms with Crippen molar-refractivity contribution in [1.82, 2.24) is 14.8 Å². The van der Waals surface area contributed by atoms with Gasteiger partial charge in [0.2, 0.25) is 5.91 Å². The molecule has 23 heavy (non-hydrogen) atoms. The van der Waals surface area contributed by atoms with Gasteiger partial charge in [-0.25, -0.2) is 4.39 Å². The Kier molecular flexibility index (Phi) is 4.32. The predicted molar refractivity (Wildman–Crippen MR) is 85.6 cm³/mol. The van der Waals surface area contributed by atoms with E-state index < -0.39 is 0 Å². The largest absolute Gasteiger partial charge is 0.351 e. The van der Waals surface area contributed by atoms with Crippen molar-refractivity contribution in [2.45, 2.75) is 19.8 Å². The Bertz CT molecular complexity index is 741. The molecular weight excluding hydrogens is 297 g/mol. The summed E-state index contributed by atoms with van der Waals surface area (Å²) in [6, 6.07) is 6.05. The van der Waals surface area contributed by atoms with Crippen LogP contribution in [0.2, 0.25) is 0 Å². The summed E-state index contributed by atoms with van der Waals surface area (Å²) < 4.78 is 13.3. The molecule has 0 spiro atoms. The third kappa shape index (κ3) is 3.21. The van der Waals surface area contributed by atoms with Gasteiger partial charge in [-0.1, -0.05) is 6.92 Å². The molecule has 1 aliphatic heterocycles. The molecule has 2 aromatic rings. The number of benzene rings is 1. The second-order valence-corrected chi connectivity index (χ2v) is 5.84. The summed E-state index contributed by atoms with van der Waals surface area (Å²) in [4.78, 5) is 31.2. The number of rotatable bonds is 3. The van der Waals surface area contributed by atoms with Gasteiger partial charge in [-0.2, -0.15) is 0 Å². The molecule has 1 aromatic heterocycles. The van der Waals surface area contributed by atoms with Gasteiger partial charge in [0.1, 0.15) is 11.5 Å². The number of H-pyrrole nitrogens is 1. The van der Waals surface area contributed by atoms with Gasteiger partial charge in [-0.05, 0) is 30.7 Å². The van der Waals surface area contributed by atoms with Crippen molar-refractivity contribution in [3.8, 4) is 0 Å². The van der Waals surface area contributed by atoms with Gasteiger partial charge in [-0.3, -0.25) is 9.59 Å². The first-order valence-corrected chi connectivity index (χ1v) is 7.94. The van der Waals surface area contributed by atoms with Gasteiger partial charge >= 0.3 is 0 Å². The number of amides is 2. The maximum absolute atomic E-state index is 13.3. The zero-order valence-corrected chi connectivity index (χ0v) is 13.1. The van der Waals surface area contributed by atoms with Crippen molar-refractivity contribution in [2.24, 2.45) is 0 Å². The standard InChI is InChI=1S/C17H20FN3O2/c1-2-6-20-8-9-21(7-5-16(20)22)17(23)15-11-12-10-13(18)3-4-14(12)19-15/h3-4,10-11,19H,2,5-9H2,1H3. The molecule has 1 fully saturated rings. The normalized spacial score (nSPS) is 16.0. The summed E-state index contributed by atoms with van der Waals surface area (Å²) in [6.07, 6.45) is 1.26. The molecule has 3 rings (SSSR count). The van der Waals surface area contributed by atoms with E-state index in [1.807, 2.05) is 11.8 Å². The first kappa shape index (κ1) is 15.5. The molecule has 122 valence electrons. The minimum Gasteiger partial charge on any atom is -0.351 e. The van der Waals surface area contributed by atoms with E-state index >= 15 is 0 Å². The van der Waals surface area contributed by atoms with Crippen LogP contribution in [-0.2, 0) is 4.79 Å². The molecule has 0 aliphatic carbocycles. The smallest absolute Gasteiger partial charge is 0.270 e. The van der Waals surface area contributed by atoms with Crippen molar-refractivity contribution in [2.75, 3.05) is 26.2 Å². The van der Waals surface area contributed by atoms with Crippen LogP contribution in [0.3, 0.4) is 0 Å². The highest BCUT2D eigenvalue weighted by atomic mass is 19.1. The molecule has 0 saturated carbocycles. The van der Waals surface area contributed by atoms with Crippen LogP contribution in [0.4, 0.5) is 4.39 Å². The number of nitrogens with one attached hydrogen (secondary N) is 1. The summed E-state index contributed by atoms with van der Waals surface area (Å²) >= 11 is 0. The molecule has 2 heterocycles. The number of halogens is 1. The Labute approximate surface area is 134 Å². The fourth-order valence-electron chi connectivity index (χ4n) is 2.97. The third-order valence-electron chi connectivity index (χ3n) is 4.18. The molecule has 1 aromatic carbocycles. The summed E-state index contributed by atoms with van der Waals surface area (Å²) in [7, 11) is 0. The lowest BCUT2D eigenvalue weighted by Gasteiger charge is -2.21. The van der Waals surface area contributed by atoms with E-state index in [9.17, 15) is 14.0 Å². The molecule has 1 N–H and O–H groups in total. The van der Waals surface area contributed by atoms with E-state index in [0.717, 1.165) is 18.5 Å². The second-order valence-electron chi connectivity index (χ2n) is 5.84. The fourth-order valence-corrected chi connectivity index (χ4v) is 2.97. The second kappa shape index (κ2) is 6.40. The highest BCUT2D eigenvalue weighted by Crippen LogP contribution is 2.18. The number of hydrogen-bond donors (Lipinski definition) is 1. The number of carbonyl (C=O) groups is 2. The molecule has 1 aliphatic rings. The van der Waals surface area contributed by atoms with Gasteiger partial charge < -0.3 is 14.8 Å². The lowest BCUT2D eigenvalue weighted by molar-refractivity contribution is -0.130. The predicted octanol–water partition coefficient (Wildman–Crippen LogP) is 2.39. The van der Waals surface area contributed by atoms with Gasteiger partial charge in [0.15, 0.2) is 0 Å². The number of nitrogens with zero attached hydrogens (tertiary/aromatic N) is 2. The first-order chi connectivity index (χ1) is 11.1. The number of aromatic nitrogens is 1. The maximum atomic E-state index is 13.3. The van der Waals surface area contributed by atoms with Crippen LogP contribution < -0.4 is 0 Å². The lowest BCUT2D eigenvalue weighted by Crippen LogP contribution is -2.36. The Morgan fingerprint density at radius 3 is 2.87 bits per heavy atom. The number of aromatic amines is 1. The van der Waals surface area contributed by atoms with E-state index in [-0.39, 0.29) is 17.6 Å². The Morgan fingerprint density at radius 2 is 2.09 bits per heavy atom. The van der Waals surface area contributed by atoms with Crippen molar-refractivity contribution in [3.05, 3.63) is 35.8 Å². The van der Waals surface area contributed by atoms with Crippen molar-refractivity contribution in [3.63, 3.8) is 0 Å². The Balaban J connectivity index is 1.77. The van der Waals surface area contributed by atoms with Gasteiger partial charge in [0, 0.05) is 43.5 Å². The third-order valence-corrected chi connectivity index (χ3v) is 4.18. The SMILES string of the molecule is CCCN1CCN(C(=O)c2cc3cc(F)ccc3[nH]2)CCC1=O. The number of carbonyl (C=O) groups excluding carboxylic acids is 2. The molecule has 0 bridgehead atoms. The van der Waals surface area contributed by atoms with E-state index in [1.54, 1.807) is 17.0 Å². The van der Waals surface area contributed by atoms with E-state index in [1.165, 1.54) is 12.1 Å². The quantitative estimate of drug-likeness (QED) is 0.945. The van der Waals surface area contributed by atoms with Gasteiger partial charge in [0.05, 0.1) is 0 Å². The van der Waals surface area contributed by atoms with E-state index in [2.05, 4.69) is 4.98 Å². The molecule has 1 saturated heterocycles. The van der Waals surface area contributed by atoms with Gasteiger partial charge in [0.25, 0.3) is 5.91 Å². The van der Waals surface area contributed by atoms with Gasteiger partial charge in [-0.15, -0.1) is 0 Å². The zero-order chi connectivity index (χ0) is 16.4. The summed E-state index contributed by atoms with van der Waals surface area (Å²) in [6.45, 7) is 4.26. The Morgan fingerprint density at radius 1 is 1.26 bits per heavy atom. The zero-order valence-electron chi connectivity index (χ0n) is 13.1. The summed E-state index contributed by atoms with van der Waals surface area (Å²) in [5.41, 5.74) is 1.16. The topological polar surface area (TPSA) is 56.4 Å². The van der Waals surface area contributed by atoms with E-state index in [4.69, 9.17) is 0 Å². The molecule has 5 nitrogen and oxygen atoms in total. The minimum absolute atomic E-state index is 0.0980. The molecule has 0 radical (unpaired) electrons. The molecule has 0 atom stereocenters. The Hall–Kier alpha value is -2.37. The molecular formula is C17H20FN3O2. The van der Waals surface area contributed by atoms with Crippen molar-refractivity contribution in [1.29, 1.82) is 0 Å². The monoisotopic (exact) mass is 317 g/mol. The number of fused-ring (bicyclic) bond motifs is 1. The molecule has 6 heteroatoms. The molecule has 0 unspecified atom stereocenters. The van der Waals surface area contributed by atoms with Crippen LogP contribution >= 0.6 is 0 Å². The highest BCUT2D eigenvalue weighted by Gasteiger charge is 2.24. The van der Waals surface area contributed by atoms with Crippen LogP contribution in [0.15, 0.2) is 24.3 Å². The first-order valence-electron chi connectivity index (χ1n) is 7.94. The lowest BCUT2D eigenvalue weighted by atomic mass is 10.2. The van der Waals surface area contributed by atoms with Crippen LogP contribution in [-0.4, -0.2) is 52.8 Å². The van der Waals surface area contributed by atoms with E-state index in [0.29, 0.717) is 37.1 Å². The van der Waals surface area contributed by atoms with Crippen LogP contribution in [0.5, 0.6) is 0 Å². The summed E-state index contributed by atoms with van der Waals surface area (Å²) in [5.74, 6) is -0.375. The fraction of sp³-hybridized carbons (Fsp3) is 0.412. The average molecular weight is 317 g/mol. The van der Waals surface area contributed by atoms with Crippen LogP contribution in [0.1, 0.15) is 30.3 Å². The molecule has 2 amide bonds. The highest BCUT2D eigenvalue weighted by molar-refractivity contribution is 5.98. The van der Waals surface area contributed by atoms with Crippen LogP contribution in [0, 0.1) is 5.82 Å². The summed E-state index contributed by atoms with van der Waals surface area (Å²) in [5, 5.41) is 0.673. The average Bonchev–Trinajstić information content (AvgIpc) is 2.87. The van der Waals surface area contributed by atoms with Crippen LogP contribution in [0.25, 0.3) is 10.9 Å².